The molecule has 0 bridgehead atoms. The Labute approximate surface area is 99.2 Å². The van der Waals surface area contributed by atoms with E-state index in [1.807, 2.05) is 13.8 Å². The molecule has 1 aromatic rings. The van der Waals surface area contributed by atoms with Gasteiger partial charge in [0.1, 0.15) is 0 Å². The van der Waals surface area contributed by atoms with Crippen LogP contribution in [0.5, 0.6) is 0 Å². The molecule has 0 aliphatic carbocycles. The maximum absolute atomic E-state index is 11.9. The van der Waals surface area contributed by atoms with Gasteiger partial charge in [0, 0.05) is 12.1 Å². The molecule has 0 aromatic carbocycles. The third-order valence-electron chi connectivity index (χ3n) is 2.04. The molecule has 0 atom stereocenters. The first-order valence-electron chi connectivity index (χ1n) is 5.16. The van der Waals surface area contributed by atoms with Crippen molar-refractivity contribution < 1.29 is 4.79 Å². The lowest BCUT2D eigenvalue weighted by Crippen LogP contribution is -2.29. The molecule has 1 rings (SSSR count). The number of aromatic nitrogens is 2. The normalized spacial score (nSPS) is 10.8. The zero-order chi connectivity index (χ0) is 12.3. The fraction of sp³-hybridized carbons (Fsp3) is 0.545. The second kappa shape index (κ2) is 5.25. The van der Waals surface area contributed by atoms with Crippen LogP contribution in [0.1, 0.15) is 25.1 Å². The van der Waals surface area contributed by atoms with E-state index in [-0.39, 0.29) is 12.0 Å². The number of hydrogen-bond acceptors (Lipinski definition) is 3. The molecule has 0 fully saturated rings. The Hall–Kier alpha value is -1.16. The molecule has 88 valence electrons. The second-order valence-electron chi connectivity index (χ2n) is 4.22. The highest BCUT2D eigenvalue weighted by atomic mass is 35.5. The Morgan fingerprint density at radius 2 is 2.19 bits per heavy atom. The summed E-state index contributed by atoms with van der Waals surface area (Å²) >= 11 is 5.29. The molecule has 0 N–H and O–H groups in total. The van der Waals surface area contributed by atoms with E-state index in [9.17, 15) is 9.59 Å². The van der Waals surface area contributed by atoms with Crippen molar-refractivity contribution in [2.24, 2.45) is 5.92 Å². The second-order valence-corrected chi connectivity index (χ2v) is 4.65. The van der Waals surface area contributed by atoms with E-state index in [4.69, 9.17) is 11.6 Å². The van der Waals surface area contributed by atoms with E-state index < -0.39 is 5.24 Å². The molecule has 0 saturated heterocycles. The van der Waals surface area contributed by atoms with Crippen LogP contribution in [-0.2, 0) is 17.8 Å². The van der Waals surface area contributed by atoms with Gasteiger partial charge in [-0.1, -0.05) is 13.8 Å². The molecule has 0 aliphatic rings. The minimum Gasteiger partial charge on any atom is -0.281 e. The summed E-state index contributed by atoms with van der Waals surface area (Å²) in [5.74, 6) is 0.326. The molecular weight excluding hydrogens is 228 g/mol. The van der Waals surface area contributed by atoms with Gasteiger partial charge < -0.3 is 0 Å². The summed E-state index contributed by atoms with van der Waals surface area (Å²) in [6.07, 6.45) is -0.0398. The lowest BCUT2D eigenvalue weighted by molar-refractivity contribution is -0.111. The zero-order valence-corrected chi connectivity index (χ0v) is 10.4. The zero-order valence-electron chi connectivity index (χ0n) is 9.66. The highest BCUT2D eigenvalue weighted by molar-refractivity contribution is 6.63. The summed E-state index contributed by atoms with van der Waals surface area (Å²) in [6, 6.07) is 1.61. The van der Waals surface area contributed by atoms with Crippen LogP contribution in [0.3, 0.4) is 0 Å². The predicted molar refractivity (Wildman–Crippen MR) is 62.6 cm³/mol. The minimum absolute atomic E-state index is 0.0398. The minimum atomic E-state index is -0.529. The van der Waals surface area contributed by atoms with Crippen molar-refractivity contribution >= 4 is 16.8 Å². The molecule has 4 nitrogen and oxygen atoms in total. The predicted octanol–water partition coefficient (Wildman–Crippen LogP) is 1.52. The maximum Gasteiger partial charge on any atom is 0.270 e. The van der Waals surface area contributed by atoms with Gasteiger partial charge in [-0.05, 0) is 30.5 Å². The van der Waals surface area contributed by atoms with E-state index in [0.29, 0.717) is 23.7 Å². The van der Waals surface area contributed by atoms with Gasteiger partial charge in [-0.3, -0.25) is 9.59 Å². The van der Waals surface area contributed by atoms with Crippen LogP contribution in [0.4, 0.5) is 0 Å². The number of carbonyl (C=O) groups excluding carboxylic acids is 1. The molecule has 0 spiro atoms. The van der Waals surface area contributed by atoms with Crippen molar-refractivity contribution in [3.05, 3.63) is 27.7 Å². The van der Waals surface area contributed by atoms with Gasteiger partial charge >= 0.3 is 0 Å². The standard InChI is InChI=1S/C11H15ClN2O2/c1-7(2)6-14-11(16)9(5-10(12)15)4-8(3)13-14/h4,7H,5-6H2,1-3H3. The summed E-state index contributed by atoms with van der Waals surface area (Å²) in [7, 11) is 0. The average Bonchev–Trinajstić information content (AvgIpc) is 2.11. The van der Waals surface area contributed by atoms with Gasteiger partial charge in [0.05, 0.1) is 12.1 Å². The third kappa shape index (κ3) is 3.45. The summed E-state index contributed by atoms with van der Waals surface area (Å²) in [4.78, 5) is 22.7. The summed E-state index contributed by atoms with van der Waals surface area (Å²) < 4.78 is 1.40. The van der Waals surface area contributed by atoms with E-state index in [1.165, 1.54) is 4.68 Å². The number of rotatable bonds is 4. The molecule has 5 heteroatoms. The van der Waals surface area contributed by atoms with Crippen molar-refractivity contribution in [2.75, 3.05) is 0 Å². The highest BCUT2D eigenvalue weighted by Gasteiger charge is 2.10. The summed E-state index contributed by atoms with van der Waals surface area (Å²) in [5.41, 5.74) is 0.898. The number of aryl methyl sites for hydroxylation is 1. The molecule has 0 aliphatic heterocycles. The van der Waals surface area contributed by atoms with Crippen LogP contribution < -0.4 is 5.56 Å². The Balaban J connectivity index is 3.15. The average molecular weight is 243 g/mol. The number of halogens is 1. The van der Waals surface area contributed by atoms with Crippen molar-refractivity contribution in [3.8, 4) is 0 Å². The smallest absolute Gasteiger partial charge is 0.270 e. The van der Waals surface area contributed by atoms with Crippen molar-refractivity contribution in [2.45, 2.75) is 33.7 Å². The van der Waals surface area contributed by atoms with Gasteiger partial charge in [0.15, 0.2) is 0 Å². The molecule has 0 saturated carbocycles. The van der Waals surface area contributed by atoms with Crippen LogP contribution in [-0.4, -0.2) is 15.0 Å². The third-order valence-corrected chi connectivity index (χ3v) is 2.17. The molecule has 16 heavy (non-hydrogen) atoms. The Morgan fingerprint density at radius 3 is 2.69 bits per heavy atom. The molecular formula is C11H15ClN2O2. The van der Waals surface area contributed by atoms with Gasteiger partial charge in [-0.2, -0.15) is 5.10 Å². The van der Waals surface area contributed by atoms with Gasteiger partial charge in [0.2, 0.25) is 5.24 Å². The van der Waals surface area contributed by atoms with Crippen molar-refractivity contribution in [1.82, 2.24) is 9.78 Å². The molecule has 0 amide bonds. The lowest BCUT2D eigenvalue weighted by atomic mass is 10.2. The van der Waals surface area contributed by atoms with E-state index in [1.54, 1.807) is 13.0 Å². The largest absolute Gasteiger partial charge is 0.281 e. The number of nitrogens with zero attached hydrogens (tertiary/aromatic N) is 2. The van der Waals surface area contributed by atoms with Gasteiger partial charge in [-0.15, -0.1) is 0 Å². The molecule has 1 aromatic heterocycles. The Bertz CT molecular complexity index is 452. The van der Waals surface area contributed by atoms with Crippen LogP contribution in [0.15, 0.2) is 10.9 Å². The summed E-state index contributed by atoms with van der Waals surface area (Å²) in [5, 5.41) is 3.60. The molecule has 0 unspecified atom stereocenters. The van der Waals surface area contributed by atoms with Crippen LogP contribution >= 0.6 is 11.6 Å². The van der Waals surface area contributed by atoms with Crippen LogP contribution in [0, 0.1) is 12.8 Å². The lowest BCUT2D eigenvalue weighted by Gasteiger charge is -2.09. The number of carbonyl (C=O) groups is 1. The number of hydrogen-bond donors (Lipinski definition) is 0. The topological polar surface area (TPSA) is 52.0 Å². The molecule has 0 radical (unpaired) electrons. The van der Waals surface area contributed by atoms with Crippen molar-refractivity contribution in [1.29, 1.82) is 0 Å². The quantitative estimate of drug-likeness (QED) is 0.753. The van der Waals surface area contributed by atoms with Gasteiger partial charge in [-0.25, -0.2) is 4.68 Å². The Kier molecular flexibility index (Phi) is 4.24. The molecule has 1 heterocycles. The maximum atomic E-state index is 11.9. The van der Waals surface area contributed by atoms with E-state index >= 15 is 0 Å². The monoisotopic (exact) mass is 242 g/mol. The van der Waals surface area contributed by atoms with E-state index in [0.717, 1.165) is 0 Å². The van der Waals surface area contributed by atoms with Crippen LogP contribution in [0.2, 0.25) is 0 Å². The first kappa shape index (κ1) is 12.9. The first-order valence-corrected chi connectivity index (χ1v) is 5.54. The Morgan fingerprint density at radius 1 is 1.56 bits per heavy atom. The van der Waals surface area contributed by atoms with Crippen molar-refractivity contribution in [3.63, 3.8) is 0 Å². The van der Waals surface area contributed by atoms with E-state index in [2.05, 4.69) is 5.10 Å². The highest BCUT2D eigenvalue weighted by Crippen LogP contribution is 2.01. The van der Waals surface area contributed by atoms with Crippen LogP contribution in [0.25, 0.3) is 0 Å². The summed E-state index contributed by atoms with van der Waals surface area (Å²) in [6.45, 7) is 6.34. The van der Waals surface area contributed by atoms with Gasteiger partial charge in [0.25, 0.3) is 5.56 Å². The first-order chi connectivity index (χ1) is 7.40. The SMILES string of the molecule is Cc1cc(CC(=O)Cl)c(=O)n(CC(C)C)n1. The fourth-order valence-corrected chi connectivity index (χ4v) is 1.63. The fourth-order valence-electron chi connectivity index (χ4n) is 1.49.